The Morgan fingerprint density at radius 3 is 2.68 bits per heavy atom. The van der Waals surface area contributed by atoms with Crippen molar-refractivity contribution in [3.05, 3.63) is 53.3 Å². The molecular formula is C18H24N2O2. The molecule has 0 fully saturated rings. The van der Waals surface area contributed by atoms with E-state index in [1.165, 1.54) is 0 Å². The van der Waals surface area contributed by atoms with Gasteiger partial charge in [-0.05, 0) is 37.1 Å². The number of carbonyl (C=O) groups is 1. The number of aromatic nitrogens is 1. The normalized spacial score (nSPS) is 10.5. The van der Waals surface area contributed by atoms with Crippen LogP contribution in [-0.2, 0) is 13.6 Å². The summed E-state index contributed by atoms with van der Waals surface area (Å²) in [5.41, 5.74) is 2.85. The van der Waals surface area contributed by atoms with Gasteiger partial charge in [-0.1, -0.05) is 19.1 Å². The van der Waals surface area contributed by atoms with Gasteiger partial charge in [-0.15, -0.1) is 0 Å². The van der Waals surface area contributed by atoms with E-state index >= 15 is 0 Å². The summed E-state index contributed by atoms with van der Waals surface area (Å²) < 4.78 is 7.23. The zero-order valence-electron chi connectivity index (χ0n) is 13.8. The summed E-state index contributed by atoms with van der Waals surface area (Å²) >= 11 is 0. The zero-order valence-corrected chi connectivity index (χ0v) is 13.8. The molecule has 0 atom stereocenters. The summed E-state index contributed by atoms with van der Waals surface area (Å²) in [6.45, 7) is 5.40. The van der Waals surface area contributed by atoms with E-state index in [0.717, 1.165) is 35.5 Å². The largest absolute Gasteiger partial charge is 0.497 e. The third-order valence-corrected chi connectivity index (χ3v) is 3.90. The van der Waals surface area contributed by atoms with Crippen LogP contribution in [0.25, 0.3) is 0 Å². The molecule has 0 aliphatic carbocycles. The van der Waals surface area contributed by atoms with Crippen LogP contribution in [-0.4, -0.2) is 29.0 Å². The molecule has 0 bridgehead atoms. The summed E-state index contributed by atoms with van der Waals surface area (Å²) in [5, 5.41) is 0. The third-order valence-electron chi connectivity index (χ3n) is 3.90. The van der Waals surface area contributed by atoms with Crippen molar-refractivity contribution in [2.75, 3.05) is 13.7 Å². The van der Waals surface area contributed by atoms with Crippen molar-refractivity contribution in [1.29, 1.82) is 0 Å². The first-order chi connectivity index (χ1) is 10.6. The van der Waals surface area contributed by atoms with Crippen LogP contribution in [0, 0.1) is 6.92 Å². The lowest BCUT2D eigenvalue weighted by atomic mass is 10.1. The Morgan fingerprint density at radius 1 is 1.32 bits per heavy atom. The van der Waals surface area contributed by atoms with Crippen molar-refractivity contribution in [3.63, 3.8) is 0 Å². The molecule has 0 radical (unpaired) electrons. The van der Waals surface area contributed by atoms with E-state index in [1.54, 1.807) is 7.11 Å². The maximum Gasteiger partial charge on any atom is 0.255 e. The second kappa shape index (κ2) is 7.16. The van der Waals surface area contributed by atoms with Gasteiger partial charge < -0.3 is 14.2 Å². The van der Waals surface area contributed by atoms with E-state index in [1.807, 2.05) is 60.0 Å². The molecule has 4 nitrogen and oxygen atoms in total. The van der Waals surface area contributed by atoms with Crippen LogP contribution >= 0.6 is 0 Å². The fourth-order valence-corrected chi connectivity index (χ4v) is 2.52. The van der Waals surface area contributed by atoms with Crippen molar-refractivity contribution in [2.45, 2.75) is 26.8 Å². The lowest BCUT2D eigenvalue weighted by molar-refractivity contribution is 0.0742. The number of nitrogens with zero attached hydrogens (tertiary/aromatic N) is 2. The van der Waals surface area contributed by atoms with E-state index in [4.69, 9.17) is 4.74 Å². The van der Waals surface area contributed by atoms with Crippen molar-refractivity contribution >= 4 is 5.91 Å². The molecule has 0 saturated carbocycles. The van der Waals surface area contributed by atoms with Gasteiger partial charge in [0.1, 0.15) is 5.75 Å². The number of amides is 1. The minimum absolute atomic E-state index is 0.0859. The van der Waals surface area contributed by atoms with E-state index in [0.29, 0.717) is 6.54 Å². The maximum absolute atomic E-state index is 12.8. The van der Waals surface area contributed by atoms with Gasteiger partial charge >= 0.3 is 0 Å². The molecule has 22 heavy (non-hydrogen) atoms. The van der Waals surface area contributed by atoms with Crippen LogP contribution in [0.1, 0.15) is 35.0 Å². The number of aryl methyl sites for hydroxylation is 1. The zero-order chi connectivity index (χ0) is 16.1. The fraction of sp³-hybridized carbons (Fsp3) is 0.389. The van der Waals surface area contributed by atoms with Crippen molar-refractivity contribution in [2.24, 2.45) is 7.05 Å². The monoisotopic (exact) mass is 300 g/mol. The summed E-state index contributed by atoms with van der Waals surface area (Å²) in [5.74, 6) is 0.903. The molecular weight excluding hydrogens is 276 g/mol. The van der Waals surface area contributed by atoms with Gasteiger partial charge in [-0.3, -0.25) is 4.79 Å². The van der Waals surface area contributed by atoms with Gasteiger partial charge in [-0.2, -0.15) is 0 Å². The molecule has 0 aliphatic rings. The number of hydrogen-bond donors (Lipinski definition) is 0. The Kier molecular flexibility index (Phi) is 5.26. The van der Waals surface area contributed by atoms with Crippen LogP contribution < -0.4 is 4.74 Å². The first-order valence-corrected chi connectivity index (χ1v) is 7.61. The highest BCUT2D eigenvalue weighted by Gasteiger charge is 2.19. The first kappa shape index (κ1) is 16.1. The molecule has 1 aromatic carbocycles. The molecule has 1 amide bonds. The highest BCUT2D eigenvalue weighted by molar-refractivity contribution is 5.95. The van der Waals surface area contributed by atoms with Gasteiger partial charge in [0.2, 0.25) is 0 Å². The van der Waals surface area contributed by atoms with Gasteiger partial charge in [0.25, 0.3) is 5.91 Å². The predicted molar refractivity (Wildman–Crippen MR) is 88.2 cm³/mol. The SMILES string of the molecule is CCCN(Cc1cccc(OC)c1)C(=O)c1ccn(C)c1C. The van der Waals surface area contributed by atoms with Gasteiger partial charge in [0, 0.05) is 32.0 Å². The van der Waals surface area contributed by atoms with E-state index in [-0.39, 0.29) is 5.91 Å². The lowest BCUT2D eigenvalue weighted by Crippen LogP contribution is -2.31. The molecule has 2 rings (SSSR count). The molecule has 0 spiro atoms. The molecule has 1 heterocycles. The van der Waals surface area contributed by atoms with Gasteiger partial charge in [0.15, 0.2) is 0 Å². The van der Waals surface area contributed by atoms with E-state index < -0.39 is 0 Å². The molecule has 0 unspecified atom stereocenters. The number of rotatable bonds is 6. The summed E-state index contributed by atoms with van der Waals surface area (Å²) in [7, 11) is 3.61. The lowest BCUT2D eigenvalue weighted by Gasteiger charge is -2.22. The second-order valence-corrected chi connectivity index (χ2v) is 5.50. The summed E-state index contributed by atoms with van der Waals surface area (Å²) in [4.78, 5) is 14.7. The number of hydrogen-bond acceptors (Lipinski definition) is 2. The van der Waals surface area contributed by atoms with Crippen LogP contribution in [0.2, 0.25) is 0 Å². The quantitative estimate of drug-likeness (QED) is 0.819. The number of carbonyl (C=O) groups excluding carboxylic acids is 1. The fourth-order valence-electron chi connectivity index (χ4n) is 2.52. The van der Waals surface area contributed by atoms with E-state index in [2.05, 4.69) is 6.92 Å². The Bertz CT molecular complexity index is 646. The van der Waals surface area contributed by atoms with Crippen LogP contribution in [0.4, 0.5) is 0 Å². The molecule has 0 N–H and O–H groups in total. The maximum atomic E-state index is 12.8. The highest BCUT2D eigenvalue weighted by Crippen LogP contribution is 2.17. The van der Waals surface area contributed by atoms with Crippen LogP contribution in [0.5, 0.6) is 5.75 Å². The summed E-state index contributed by atoms with van der Waals surface area (Å²) in [6.07, 6.45) is 2.86. The Morgan fingerprint density at radius 2 is 2.09 bits per heavy atom. The average Bonchev–Trinajstić information content (AvgIpc) is 2.86. The van der Waals surface area contributed by atoms with Crippen molar-refractivity contribution in [3.8, 4) is 5.75 Å². The Hall–Kier alpha value is -2.23. The third kappa shape index (κ3) is 3.50. The minimum Gasteiger partial charge on any atom is -0.497 e. The number of methoxy groups -OCH3 is 1. The molecule has 1 aromatic heterocycles. The van der Waals surface area contributed by atoms with Gasteiger partial charge in [0.05, 0.1) is 12.7 Å². The molecule has 0 aliphatic heterocycles. The molecule has 2 aromatic rings. The second-order valence-electron chi connectivity index (χ2n) is 5.50. The Labute approximate surface area is 132 Å². The van der Waals surface area contributed by atoms with Crippen LogP contribution in [0.3, 0.4) is 0 Å². The Balaban J connectivity index is 2.22. The highest BCUT2D eigenvalue weighted by atomic mass is 16.5. The minimum atomic E-state index is 0.0859. The summed E-state index contributed by atoms with van der Waals surface area (Å²) in [6, 6.07) is 9.77. The molecule has 0 saturated heterocycles. The predicted octanol–water partition coefficient (Wildman–Crippen LogP) is 3.39. The van der Waals surface area contributed by atoms with Crippen LogP contribution in [0.15, 0.2) is 36.5 Å². The van der Waals surface area contributed by atoms with E-state index in [9.17, 15) is 4.79 Å². The van der Waals surface area contributed by atoms with Gasteiger partial charge in [-0.25, -0.2) is 0 Å². The molecule has 4 heteroatoms. The topological polar surface area (TPSA) is 34.5 Å². The standard InChI is InChI=1S/C18H24N2O2/c1-5-10-20(13-15-7-6-8-16(12-15)22-4)18(21)17-9-11-19(3)14(17)2/h6-9,11-12H,5,10,13H2,1-4H3. The smallest absolute Gasteiger partial charge is 0.255 e. The van der Waals surface area contributed by atoms with Crippen molar-refractivity contribution in [1.82, 2.24) is 9.47 Å². The molecule has 118 valence electrons. The van der Waals surface area contributed by atoms with Crippen molar-refractivity contribution < 1.29 is 9.53 Å². The first-order valence-electron chi connectivity index (χ1n) is 7.61. The number of benzene rings is 1. The number of ether oxygens (including phenoxy) is 1. The average molecular weight is 300 g/mol.